The first-order chi connectivity index (χ1) is 12.2. The number of esters is 1. The van der Waals surface area contributed by atoms with Crippen molar-refractivity contribution in [2.75, 3.05) is 30.9 Å². The molecule has 0 spiro atoms. The van der Waals surface area contributed by atoms with Gasteiger partial charge in [0.2, 0.25) is 0 Å². The van der Waals surface area contributed by atoms with E-state index in [4.69, 9.17) is 21.3 Å². The molecular weight excluding hydrogens is 356 g/mol. The Morgan fingerprint density at radius 3 is 2.64 bits per heavy atom. The fourth-order valence-electron chi connectivity index (χ4n) is 3.35. The van der Waals surface area contributed by atoms with Gasteiger partial charge in [-0.15, -0.1) is 11.8 Å². The maximum absolute atomic E-state index is 12.8. The molecule has 134 valence electrons. The van der Waals surface area contributed by atoms with Gasteiger partial charge in [0.15, 0.2) is 0 Å². The summed E-state index contributed by atoms with van der Waals surface area (Å²) in [6.07, 6.45) is 6.65. The van der Waals surface area contributed by atoms with Gasteiger partial charge in [0.05, 0.1) is 17.8 Å². The predicted octanol–water partition coefficient (Wildman–Crippen LogP) is 5.17. The van der Waals surface area contributed by atoms with Crippen LogP contribution in [-0.4, -0.2) is 36.9 Å². The van der Waals surface area contributed by atoms with Crippen molar-refractivity contribution in [2.24, 2.45) is 0 Å². The second-order valence-electron chi connectivity index (χ2n) is 6.13. The molecule has 0 amide bonds. The molecule has 0 saturated carbocycles. The van der Waals surface area contributed by atoms with Crippen molar-refractivity contribution in [3.63, 3.8) is 0 Å². The van der Waals surface area contributed by atoms with Crippen LogP contribution < -0.4 is 4.90 Å². The number of fused-ring (bicyclic) bond motifs is 1. The van der Waals surface area contributed by atoms with Crippen LogP contribution in [-0.2, 0) is 4.74 Å². The predicted molar refractivity (Wildman–Crippen MR) is 105 cm³/mol. The summed E-state index contributed by atoms with van der Waals surface area (Å²) in [7, 11) is 0. The number of anilines is 1. The Morgan fingerprint density at radius 2 is 2.00 bits per heavy atom. The summed E-state index contributed by atoms with van der Waals surface area (Å²) in [5.41, 5.74) is 2.37. The highest BCUT2D eigenvalue weighted by Gasteiger charge is 2.26. The van der Waals surface area contributed by atoms with Crippen LogP contribution in [0.15, 0.2) is 23.2 Å². The van der Waals surface area contributed by atoms with E-state index in [0.29, 0.717) is 22.2 Å². The molecule has 1 aromatic heterocycles. The SMILES string of the molecule is CCOC(=O)c1c(SC)nc2ccc(Cl)cc2c1N1CCCCCC1. The molecule has 3 rings (SSSR count). The topological polar surface area (TPSA) is 42.4 Å². The van der Waals surface area contributed by atoms with E-state index in [1.54, 1.807) is 0 Å². The summed E-state index contributed by atoms with van der Waals surface area (Å²) < 4.78 is 5.36. The van der Waals surface area contributed by atoms with E-state index in [0.717, 1.165) is 42.5 Å². The largest absolute Gasteiger partial charge is 0.462 e. The molecular formula is C19H23ClN2O2S. The first-order valence-electron chi connectivity index (χ1n) is 8.75. The van der Waals surface area contributed by atoms with Crippen LogP contribution >= 0.6 is 23.4 Å². The number of rotatable bonds is 4. The van der Waals surface area contributed by atoms with Gasteiger partial charge in [-0.25, -0.2) is 9.78 Å². The summed E-state index contributed by atoms with van der Waals surface area (Å²) in [6, 6.07) is 5.68. The second kappa shape index (κ2) is 8.28. The van der Waals surface area contributed by atoms with Gasteiger partial charge in [-0.1, -0.05) is 24.4 Å². The molecule has 2 heterocycles. The van der Waals surface area contributed by atoms with Gasteiger partial charge < -0.3 is 9.64 Å². The van der Waals surface area contributed by atoms with E-state index < -0.39 is 0 Å². The van der Waals surface area contributed by atoms with Crippen LogP contribution in [0.1, 0.15) is 43.0 Å². The Balaban J connectivity index is 2.27. The zero-order valence-electron chi connectivity index (χ0n) is 14.7. The number of thioether (sulfide) groups is 1. The van der Waals surface area contributed by atoms with Gasteiger partial charge in [0.25, 0.3) is 0 Å². The van der Waals surface area contributed by atoms with E-state index in [1.165, 1.54) is 24.6 Å². The maximum Gasteiger partial charge on any atom is 0.343 e. The Kier molecular flexibility index (Phi) is 6.07. The van der Waals surface area contributed by atoms with E-state index in [-0.39, 0.29) is 5.97 Å². The molecule has 25 heavy (non-hydrogen) atoms. The summed E-state index contributed by atoms with van der Waals surface area (Å²) >= 11 is 7.74. The quantitative estimate of drug-likeness (QED) is 0.542. The molecule has 1 fully saturated rings. The number of carbonyl (C=O) groups is 1. The fourth-order valence-corrected chi connectivity index (χ4v) is 4.10. The number of halogens is 1. The molecule has 0 bridgehead atoms. The molecule has 1 aliphatic rings. The number of carbonyl (C=O) groups excluding carboxylic acids is 1. The lowest BCUT2D eigenvalue weighted by atomic mass is 10.1. The van der Waals surface area contributed by atoms with Gasteiger partial charge in [0.1, 0.15) is 10.6 Å². The van der Waals surface area contributed by atoms with Gasteiger partial charge in [0, 0.05) is 23.5 Å². The Morgan fingerprint density at radius 1 is 1.28 bits per heavy atom. The Bertz CT molecular complexity index is 774. The standard InChI is InChI=1S/C19H23ClN2O2S/c1-3-24-19(23)16-17(22-10-6-4-5-7-11-22)14-12-13(20)8-9-15(14)21-18(16)25-2/h8-9,12H,3-7,10-11H2,1-2H3. The number of pyridine rings is 1. The average Bonchev–Trinajstić information content (AvgIpc) is 2.89. The zero-order valence-corrected chi connectivity index (χ0v) is 16.3. The van der Waals surface area contributed by atoms with E-state index in [9.17, 15) is 4.79 Å². The van der Waals surface area contributed by atoms with Crippen molar-refractivity contribution in [1.82, 2.24) is 4.98 Å². The summed E-state index contributed by atoms with van der Waals surface area (Å²) in [4.78, 5) is 19.8. The lowest BCUT2D eigenvalue weighted by Gasteiger charge is -2.27. The van der Waals surface area contributed by atoms with Crippen LogP contribution in [0.5, 0.6) is 0 Å². The number of nitrogens with zero attached hydrogens (tertiary/aromatic N) is 2. The Labute approximate surface area is 157 Å². The normalized spacial score (nSPS) is 15.2. The minimum absolute atomic E-state index is 0.305. The average molecular weight is 379 g/mol. The summed E-state index contributed by atoms with van der Waals surface area (Å²) in [5.74, 6) is -0.305. The molecule has 2 aromatic rings. The highest BCUT2D eigenvalue weighted by Crippen LogP contribution is 2.38. The van der Waals surface area contributed by atoms with Crippen molar-refractivity contribution in [3.8, 4) is 0 Å². The Hall–Kier alpha value is -1.46. The number of hydrogen-bond donors (Lipinski definition) is 0. The van der Waals surface area contributed by atoms with E-state index >= 15 is 0 Å². The molecule has 0 unspecified atom stereocenters. The first kappa shape index (κ1) is 18.3. The lowest BCUT2D eigenvalue weighted by molar-refractivity contribution is 0.0522. The summed E-state index contributed by atoms with van der Waals surface area (Å²) in [6.45, 7) is 4.05. The van der Waals surface area contributed by atoms with Crippen LogP contribution in [0.25, 0.3) is 10.9 Å². The number of hydrogen-bond acceptors (Lipinski definition) is 5. The van der Waals surface area contributed by atoms with Gasteiger partial charge in [-0.2, -0.15) is 0 Å². The zero-order chi connectivity index (χ0) is 17.8. The van der Waals surface area contributed by atoms with Crippen molar-refractivity contribution >= 4 is 45.9 Å². The van der Waals surface area contributed by atoms with E-state index in [2.05, 4.69) is 4.90 Å². The van der Waals surface area contributed by atoms with Gasteiger partial charge in [-0.05, 0) is 44.2 Å². The third-order valence-corrected chi connectivity index (χ3v) is 5.40. The van der Waals surface area contributed by atoms with Crippen molar-refractivity contribution < 1.29 is 9.53 Å². The highest BCUT2D eigenvalue weighted by molar-refractivity contribution is 7.98. The van der Waals surface area contributed by atoms with Gasteiger partial charge in [-0.3, -0.25) is 0 Å². The molecule has 1 aliphatic heterocycles. The number of ether oxygens (including phenoxy) is 1. The van der Waals surface area contributed by atoms with Crippen LogP contribution in [0.4, 0.5) is 5.69 Å². The van der Waals surface area contributed by atoms with Crippen molar-refractivity contribution in [2.45, 2.75) is 37.6 Å². The molecule has 6 heteroatoms. The van der Waals surface area contributed by atoms with E-state index in [1.807, 2.05) is 31.4 Å². The monoisotopic (exact) mass is 378 g/mol. The highest BCUT2D eigenvalue weighted by atomic mass is 35.5. The lowest BCUT2D eigenvalue weighted by Crippen LogP contribution is -2.27. The minimum Gasteiger partial charge on any atom is -0.462 e. The third kappa shape index (κ3) is 3.87. The van der Waals surface area contributed by atoms with Crippen LogP contribution in [0.3, 0.4) is 0 Å². The first-order valence-corrected chi connectivity index (χ1v) is 10.3. The molecule has 1 aromatic carbocycles. The second-order valence-corrected chi connectivity index (χ2v) is 7.36. The van der Waals surface area contributed by atoms with Crippen molar-refractivity contribution in [3.05, 3.63) is 28.8 Å². The van der Waals surface area contributed by atoms with Crippen LogP contribution in [0.2, 0.25) is 5.02 Å². The maximum atomic E-state index is 12.8. The molecule has 0 aliphatic carbocycles. The third-order valence-electron chi connectivity index (χ3n) is 4.48. The molecule has 4 nitrogen and oxygen atoms in total. The van der Waals surface area contributed by atoms with Gasteiger partial charge >= 0.3 is 5.97 Å². The molecule has 0 N–H and O–H groups in total. The number of benzene rings is 1. The fraction of sp³-hybridized carbons (Fsp3) is 0.474. The number of aromatic nitrogens is 1. The molecule has 0 atom stereocenters. The summed E-state index contributed by atoms with van der Waals surface area (Å²) in [5, 5.41) is 2.29. The molecule has 1 saturated heterocycles. The van der Waals surface area contributed by atoms with Crippen LogP contribution in [0, 0.1) is 0 Å². The molecule has 0 radical (unpaired) electrons. The minimum atomic E-state index is -0.305. The van der Waals surface area contributed by atoms with Crippen molar-refractivity contribution in [1.29, 1.82) is 0 Å². The smallest absolute Gasteiger partial charge is 0.343 e.